The van der Waals surface area contributed by atoms with Gasteiger partial charge in [0.25, 0.3) is 10.0 Å². The monoisotopic (exact) mass is 277 g/mol. The van der Waals surface area contributed by atoms with Crippen LogP contribution in [0.1, 0.15) is 12.0 Å². The smallest absolute Gasteiger partial charge is 0.283 e. The summed E-state index contributed by atoms with van der Waals surface area (Å²) in [5.41, 5.74) is 1.85. The first-order chi connectivity index (χ1) is 9.09. The fourth-order valence-corrected chi connectivity index (χ4v) is 3.90. The van der Waals surface area contributed by atoms with Crippen molar-refractivity contribution in [1.82, 2.24) is 9.55 Å². The highest BCUT2D eigenvalue weighted by molar-refractivity contribution is 7.92. The molecule has 19 heavy (non-hydrogen) atoms. The van der Waals surface area contributed by atoms with Crippen LogP contribution in [0.15, 0.2) is 41.8 Å². The standard InChI is InChI=1S/C13H15N3O2S/c1-15-9-13(14-10-15)19(17,18)16-8-4-6-11-5-2-3-7-12(11)16/h2-3,5,7,9-10H,4,6,8H2,1H3. The number of hydrogen-bond acceptors (Lipinski definition) is 3. The topological polar surface area (TPSA) is 55.2 Å². The van der Waals surface area contributed by atoms with Crippen molar-refractivity contribution in [2.24, 2.45) is 7.05 Å². The highest BCUT2D eigenvalue weighted by Gasteiger charge is 2.30. The summed E-state index contributed by atoms with van der Waals surface area (Å²) >= 11 is 0. The number of anilines is 1. The van der Waals surface area contributed by atoms with Crippen LogP contribution in [0, 0.1) is 0 Å². The number of sulfonamides is 1. The van der Waals surface area contributed by atoms with Crippen LogP contribution in [-0.2, 0) is 23.5 Å². The Morgan fingerprint density at radius 2 is 2.05 bits per heavy atom. The fourth-order valence-electron chi connectivity index (χ4n) is 2.38. The van der Waals surface area contributed by atoms with Crippen LogP contribution in [0.5, 0.6) is 0 Å². The molecule has 1 aromatic carbocycles. The Labute approximate surface area is 112 Å². The summed E-state index contributed by atoms with van der Waals surface area (Å²) in [6, 6.07) is 7.64. The summed E-state index contributed by atoms with van der Waals surface area (Å²) in [5, 5.41) is 0.103. The van der Waals surface area contributed by atoms with Gasteiger partial charge in [0, 0.05) is 19.8 Å². The molecule has 5 nitrogen and oxygen atoms in total. The van der Waals surface area contributed by atoms with Crippen LogP contribution in [0.25, 0.3) is 0 Å². The zero-order valence-electron chi connectivity index (χ0n) is 10.7. The van der Waals surface area contributed by atoms with Gasteiger partial charge in [0.1, 0.15) is 0 Å². The van der Waals surface area contributed by atoms with Crippen molar-refractivity contribution in [3.8, 4) is 0 Å². The normalized spacial score (nSPS) is 15.3. The summed E-state index contributed by atoms with van der Waals surface area (Å²) in [5.74, 6) is 0. The van der Waals surface area contributed by atoms with Gasteiger partial charge in [-0.15, -0.1) is 0 Å². The molecule has 0 saturated heterocycles. The second kappa shape index (κ2) is 4.38. The maximum atomic E-state index is 12.6. The van der Waals surface area contributed by atoms with Gasteiger partial charge in [0.2, 0.25) is 0 Å². The lowest BCUT2D eigenvalue weighted by atomic mass is 10.0. The van der Waals surface area contributed by atoms with Gasteiger partial charge < -0.3 is 4.57 Å². The Kier molecular flexibility index (Phi) is 2.82. The van der Waals surface area contributed by atoms with Crippen molar-refractivity contribution >= 4 is 15.7 Å². The van der Waals surface area contributed by atoms with Crippen molar-refractivity contribution in [3.63, 3.8) is 0 Å². The van der Waals surface area contributed by atoms with Gasteiger partial charge >= 0.3 is 0 Å². The molecule has 0 unspecified atom stereocenters. The Morgan fingerprint density at radius 3 is 2.79 bits per heavy atom. The van der Waals surface area contributed by atoms with E-state index in [-0.39, 0.29) is 5.03 Å². The maximum absolute atomic E-state index is 12.6. The molecule has 0 fully saturated rings. The van der Waals surface area contributed by atoms with E-state index in [4.69, 9.17) is 0 Å². The van der Waals surface area contributed by atoms with E-state index in [2.05, 4.69) is 4.98 Å². The Hall–Kier alpha value is -1.82. The minimum Gasteiger partial charge on any atom is -0.339 e. The third kappa shape index (κ3) is 2.02. The molecule has 0 spiro atoms. The number of aryl methyl sites for hydroxylation is 2. The Bertz CT molecular complexity index is 706. The van der Waals surface area contributed by atoms with Crippen LogP contribution in [-0.4, -0.2) is 24.5 Å². The molecule has 1 aromatic heterocycles. The SMILES string of the molecule is Cn1cnc(S(=O)(=O)N2CCCc3ccccc32)c1. The number of nitrogens with zero attached hydrogens (tertiary/aromatic N) is 3. The maximum Gasteiger partial charge on any atom is 0.283 e. The molecule has 1 aliphatic rings. The lowest BCUT2D eigenvalue weighted by molar-refractivity contribution is 0.583. The molecule has 0 bridgehead atoms. The Balaban J connectivity index is 2.08. The van der Waals surface area contributed by atoms with Crippen molar-refractivity contribution in [1.29, 1.82) is 0 Å². The summed E-state index contributed by atoms with van der Waals surface area (Å²) in [4.78, 5) is 3.97. The molecule has 1 aliphatic heterocycles. The first kappa shape index (κ1) is 12.2. The van der Waals surface area contributed by atoms with Gasteiger partial charge in [-0.3, -0.25) is 4.31 Å². The number of hydrogen-bond donors (Lipinski definition) is 0. The second-order valence-corrected chi connectivity index (χ2v) is 6.50. The predicted molar refractivity (Wildman–Crippen MR) is 72.5 cm³/mol. The van der Waals surface area contributed by atoms with E-state index in [9.17, 15) is 8.42 Å². The van der Waals surface area contributed by atoms with Crippen LogP contribution in [0.2, 0.25) is 0 Å². The van der Waals surface area contributed by atoms with Crippen LogP contribution >= 0.6 is 0 Å². The Morgan fingerprint density at radius 1 is 1.26 bits per heavy atom. The lowest BCUT2D eigenvalue weighted by Gasteiger charge is -2.29. The molecular weight excluding hydrogens is 262 g/mol. The number of imidazole rings is 1. The molecule has 100 valence electrons. The molecule has 0 amide bonds. The van der Waals surface area contributed by atoms with E-state index in [1.165, 1.54) is 16.8 Å². The van der Waals surface area contributed by atoms with Gasteiger partial charge in [0.15, 0.2) is 5.03 Å². The number of para-hydroxylation sites is 1. The van der Waals surface area contributed by atoms with E-state index in [1.807, 2.05) is 24.3 Å². The molecule has 0 atom stereocenters. The first-order valence-electron chi connectivity index (χ1n) is 6.17. The lowest BCUT2D eigenvalue weighted by Crippen LogP contribution is -2.35. The number of aromatic nitrogens is 2. The van der Waals surface area contributed by atoms with E-state index in [1.54, 1.807) is 11.6 Å². The average Bonchev–Trinajstić information content (AvgIpc) is 2.85. The van der Waals surface area contributed by atoms with Gasteiger partial charge in [0.05, 0.1) is 12.0 Å². The molecule has 0 radical (unpaired) electrons. The van der Waals surface area contributed by atoms with Crippen LogP contribution in [0.4, 0.5) is 5.69 Å². The third-order valence-electron chi connectivity index (χ3n) is 3.30. The minimum absolute atomic E-state index is 0.103. The second-order valence-electron chi connectivity index (χ2n) is 4.69. The zero-order chi connectivity index (χ0) is 13.5. The number of fused-ring (bicyclic) bond motifs is 1. The van der Waals surface area contributed by atoms with Gasteiger partial charge in [-0.05, 0) is 24.5 Å². The molecule has 0 saturated carbocycles. The summed E-state index contributed by atoms with van der Waals surface area (Å²) in [6.45, 7) is 0.510. The van der Waals surface area contributed by atoms with Gasteiger partial charge in [-0.1, -0.05) is 18.2 Å². The van der Waals surface area contributed by atoms with E-state index in [0.717, 1.165) is 24.1 Å². The molecule has 2 aromatic rings. The summed E-state index contributed by atoms with van der Waals surface area (Å²) in [6.07, 6.45) is 4.79. The largest absolute Gasteiger partial charge is 0.339 e. The van der Waals surface area contributed by atoms with E-state index in [0.29, 0.717) is 6.54 Å². The predicted octanol–water partition coefficient (Wildman–Crippen LogP) is 1.56. The molecule has 6 heteroatoms. The zero-order valence-corrected chi connectivity index (χ0v) is 11.5. The molecule has 0 N–H and O–H groups in total. The quantitative estimate of drug-likeness (QED) is 0.837. The molecular formula is C13H15N3O2S. The highest BCUT2D eigenvalue weighted by atomic mass is 32.2. The van der Waals surface area contributed by atoms with Crippen LogP contribution < -0.4 is 4.31 Å². The average molecular weight is 277 g/mol. The minimum atomic E-state index is -3.55. The van der Waals surface area contributed by atoms with Crippen molar-refractivity contribution < 1.29 is 8.42 Å². The number of benzene rings is 1. The first-order valence-corrected chi connectivity index (χ1v) is 7.61. The van der Waals surface area contributed by atoms with Crippen molar-refractivity contribution in [2.45, 2.75) is 17.9 Å². The highest BCUT2D eigenvalue weighted by Crippen LogP contribution is 2.31. The number of rotatable bonds is 2. The summed E-state index contributed by atoms with van der Waals surface area (Å²) in [7, 11) is -1.79. The fraction of sp³-hybridized carbons (Fsp3) is 0.308. The molecule has 3 rings (SSSR count). The van der Waals surface area contributed by atoms with Gasteiger partial charge in [-0.25, -0.2) is 4.98 Å². The molecule has 2 heterocycles. The molecule has 0 aliphatic carbocycles. The van der Waals surface area contributed by atoms with Crippen molar-refractivity contribution in [3.05, 3.63) is 42.4 Å². The third-order valence-corrected chi connectivity index (χ3v) is 5.00. The van der Waals surface area contributed by atoms with Crippen LogP contribution in [0.3, 0.4) is 0 Å². The van der Waals surface area contributed by atoms with E-state index >= 15 is 0 Å². The van der Waals surface area contributed by atoms with Crippen molar-refractivity contribution in [2.75, 3.05) is 10.8 Å². The van der Waals surface area contributed by atoms with Gasteiger partial charge in [-0.2, -0.15) is 8.42 Å². The summed E-state index contributed by atoms with van der Waals surface area (Å²) < 4.78 is 28.3. The van der Waals surface area contributed by atoms with E-state index < -0.39 is 10.0 Å².